The van der Waals surface area contributed by atoms with Crippen molar-refractivity contribution in [2.45, 2.75) is 26.5 Å². The van der Waals surface area contributed by atoms with E-state index in [9.17, 15) is 9.90 Å². The van der Waals surface area contributed by atoms with Gasteiger partial charge < -0.3 is 19.0 Å². The summed E-state index contributed by atoms with van der Waals surface area (Å²) in [5.74, 6) is 1.86. The van der Waals surface area contributed by atoms with Crippen LogP contribution >= 0.6 is 0 Å². The number of carbonyl (C=O) groups is 1. The number of esters is 1. The lowest BCUT2D eigenvalue weighted by Crippen LogP contribution is -2.32. The molecule has 1 atom stereocenters. The van der Waals surface area contributed by atoms with Crippen molar-refractivity contribution in [1.82, 2.24) is 4.90 Å². The van der Waals surface area contributed by atoms with Crippen molar-refractivity contribution in [2.75, 3.05) is 26.8 Å². The summed E-state index contributed by atoms with van der Waals surface area (Å²) >= 11 is 0. The lowest BCUT2D eigenvalue weighted by Gasteiger charge is -2.20. The molecule has 0 saturated heterocycles. The first-order valence-electron chi connectivity index (χ1n) is 8.30. The van der Waals surface area contributed by atoms with Gasteiger partial charge in [-0.1, -0.05) is 6.07 Å². The van der Waals surface area contributed by atoms with E-state index in [1.54, 1.807) is 31.2 Å². The summed E-state index contributed by atoms with van der Waals surface area (Å²) < 4.78 is 16.1. The molecule has 0 bridgehead atoms. The zero-order chi connectivity index (χ0) is 18.2. The van der Waals surface area contributed by atoms with E-state index >= 15 is 0 Å². The Balaban J connectivity index is 1.80. The van der Waals surface area contributed by atoms with Crippen molar-refractivity contribution < 1.29 is 23.8 Å². The first-order chi connectivity index (χ1) is 12.0. The Hall–Kier alpha value is -2.31. The van der Waals surface area contributed by atoms with Gasteiger partial charge in [-0.05, 0) is 51.2 Å². The standard InChI is InChI=1S/C19H25NO5/c1-4-23-19(22)15-6-5-7-17(10-15)24-13-16(21)11-20(3)12-18-9-8-14(2)25-18/h5-10,16,21H,4,11-13H2,1-3H3/t16-/m1/s1. The Kier molecular flexibility index (Phi) is 7.03. The number of hydrogen-bond donors (Lipinski definition) is 1. The normalized spacial score (nSPS) is 12.2. The number of furan rings is 1. The summed E-state index contributed by atoms with van der Waals surface area (Å²) in [7, 11) is 1.91. The molecule has 0 aliphatic carbocycles. The average molecular weight is 347 g/mol. The topological polar surface area (TPSA) is 72.1 Å². The van der Waals surface area contributed by atoms with Crippen LogP contribution in [0.4, 0.5) is 0 Å². The molecular weight excluding hydrogens is 322 g/mol. The molecule has 0 fully saturated rings. The molecule has 0 unspecified atom stereocenters. The van der Waals surface area contributed by atoms with Crippen LogP contribution in [0.5, 0.6) is 5.75 Å². The van der Waals surface area contributed by atoms with Gasteiger partial charge in [-0.15, -0.1) is 0 Å². The number of aryl methyl sites for hydroxylation is 1. The van der Waals surface area contributed by atoms with Crippen molar-refractivity contribution in [2.24, 2.45) is 0 Å². The molecule has 0 aliphatic rings. The Morgan fingerprint density at radius 2 is 2.12 bits per heavy atom. The van der Waals surface area contributed by atoms with Crippen LogP contribution in [0.1, 0.15) is 28.8 Å². The molecular formula is C19H25NO5. The van der Waals surface area contributed by atoms with E-state index in [-0.39, 0.29) is 12.6 Å². The number of aliphatic hydroxyl groups is 1. The predicted molar refractivity (Wildman–Crippen MR) is 93.7 cm³/mol. The SMILES string of the molecule is CCOC(=O)c1cccc(OC[C@H](O)CN(C)Cc2ccc(C)o2)c1. The van der Waals surface area contributed by atoms with E-state index in [1.165, 1.54) is 0 Å². The molecule has 1 N–H and O–H groups in total. The number of carbonyl (C=O) groups excluding carboxylic acids is 1. The maximum Gasteiger partial charge on any atom is 0.338 e. The number of benzene rings is 1. The Labute approximate surface area is 148 Å². The van der Waals surface area contributed by atoms with Gasteiger partial charge in [-0.25, -0.2) is 4.79 Å². The molecule has 6 heteroatoms. The van der Waals surface area contributed by atoms with Crippen molar-refractivity contribution in [3.05, 3.63) is 53.5 Å². The largest absolute Gasteiger partial charge is 0.491 e. The predicted octanol–water partition coefficient (Wildman–Crippen LogP) is 2.64. The molecule has 25 heavy (non-hydrogen) atoms. The smallest absolute Gasteiger partial charge is 0.338 e. The molecule has 1 aromatic heterocycles. The molecule has 0 spiro atoms. The van der Waals surface area contributed by atoms with Crippen LogP contribution in [0.2, 0.25) is 0 Å². The third kappa shape index (κ3) is 6.25. The van der Waals surface area contributed by atoms with Crippen LogP contribution in [0.3, 0.4) is 0 Å². The van der Waals surface area contributed by atoms with Crippen molar-refractivity contribution in [1.29, 1.82) is 0 Å². The number of hydrogen-bond acceptors (Lipinski definition) is 6. The second-order valence-electron chi connectivity index (χ2n) is 5.92. The quantitative estimate of drug-likeness (QED) is 0.703. The number of nitrogens with zero attached hydrogens (tertiary/aromatic N) is 1. The number of ether oxygens (including phenoxy) is 2. The summed E-state index contributed by atoms with van der Waals surface area (Å²) in [6.45, 7) is 5.17. The van der Waals surface area contributed by atoms with Gasteiger partial charge in [-0.2, -0.15) is 0 Å². The van der Waals surface area contributed by atoms with E-state index in [1.807, 2.05) is 31.0 Å². The molecule has 1 heterocycles. The van der Waals surface area contributed by atoms with Gasteiger partial charge in [0.05, 0.1) is 18.7 Å². The van der Waals surface area contributed by atoms with Gasteiger partial charge >= 0.3 is 5.97 Å². The van der Waals surface area contributed by atoms with Gasteiger partial charge in [0.25, 0.3) is 0 Å². The molecule has 2 aromatic rings. The fourth-order valence-corrected chi connectivity index (χ4v) is 2.43. The van der Waals surface area contributed by atoms with Gasteiger partial charge in [0.1, 0.15) is 30.0 Å². The number of aliphatic hydroxyl groups excluding tert-OH is 1. The summed E-state index contributed by atoms with van der Waals surface area (Å²) in [5.41, 5.74) is 0.430. The number of likely N-dealkylation sites (N-methyl/N-ethyl adjacent to an activating group) is 1. The van der Waals surface area contributed by atoms with E-state index in [0.29, 0.717) is 31.0 Å². The monoisotopic (exact) mass is 347 g/mol. The summed E-state index contributed by atoms with van der Waals surface area (Å²) in [5, 5.41) is 10.1. The van der Waals surface area contributed by atoms with Gasteiger partial charge in [0.15, 0.2) is 0 Å². The Bertz CT molecular complexity index is 682. The second-order valence-corrected chi connectivity index (χ2v) is 5.92. The van der Waals surface area contributed by atoms with Crippen molar-refractivity contribution in [3.63, 3.8) is 0 Å². The number of rotatable bonds is 9. The van der Waals surface area contributed by atoms with Crippen LogP contribution in [0.15, 0.2) is 40.8 Å². The molecule has 0 radical (unpaired) electrons. The van der Waals surface area contributed by atoms with E-state index in [2.05, 4.69) is 0 Å². The molecule has 0 amide bonds. The van der Waals surface area contributed by atoms with E-state index in [0.717, 1.165) is 11.5 Å². The summed E-state index contributed by atoms with van der Waals surface area (Å²) in [6.07, 6.45) is -0.660. The van der Waals surface area contributed by atoms with Crippen LogP contribution in [-0.4, -0.2) is 48.9 Å². The third-order valence-corrected chi connectivity index (χ3v) is 3.53. The highest BCUT2D eigenvalue weighted by Gasteiger charge is 2.12. The molecule has 1 aromatic carbocycles. The molecule has 136 valence electrons. The molecule has 2 rings (SSSR count). The van der Waals surface area contributed by atoms with Crippen LogP contribution in [0.25, 0.3) is 0 Å². The second kappa shape index (κ2) is 9.25. The molecule has 0 saturated carbocycles. The first kappa shape index (κ1) is 19.0. The van der Waals surface area contributed by atoms with Gasteiger partial charge in [-0.3, -0.25) is 4.90 Å². The lowest BCUT2D eigenvalue weighted by molar-refractivity contribution is 0.0525. The third-order valence-electron chi connectivity index (χ3n) is 3.53. The molecule has 6 nitrogen and oxygen atoms in total. The summed E-state index contributed by atoms with van der Waals surface area (Å²) in [4.78, 5) is 13.7. The Morgan fingerprint density at radius 3 is 2.80 bits per heavy atom. The zero-order valence-corrected chi connectivity index (χ0v) is 14.9. The van der Waals surface area contributed by atoms with E-state index < -0.39 is 6.10 Å². The Morgan fingerprint density at radius 1 is 1.32 bits per heavy atom. The maximum absolute atomic E-state index is 11.7. The minimum atomic E-state index is -0.660. The minimum Gasteiger partial charge on any atom is -0.491 e. The van der Waals surface area contributed by atoms with Crippen LogP contribution in [0, 0.1) is 6.92 Å². The maximum atomic E-state index is 11.7. The summed E-state index contributed by atoms with van der Waals surface area (Å²) in [6, 6.07) is 10.6. The minimum absolute atomic E-state index is 0.133. The van der Waals surface area contributed by atoms with Crippen molar-refractivity contribution >= 4 is 5.97 Å². The van der Waals surface area contributed by atoms with E-state index in [4.69, 9.17) is 13.9 Å². The molecule has 0 aliphatic heterocycles. The first-order valence-corrected chi connectivity index (χ1v) is 8.30. The zero-order valence-electron chi connectivity index (χ0n) is 14.9. The van der Waals surface area contributed by atoms with Gasteiger partial charge in [0.2, 0.25) is 0 Å². The lowest BCUT2D eigenvalue weighted by atomic mass is 10.2. The highest BCUT2D eigenvalue weighted by atomic mass is 16.5. The van der Waals surface area contributed by atoms with Crippen molar-refractivity contribution in [3.8, 4) is 5.75 Å². The average Bonchev–Trinajstić information content (AvgIpc) is 2.98. The van der Waals surface area contributed by atoms with Gasteiger partial charge in [0, 0.05) is 6.54 Å². The fourth-order valence-electron chi connectivity index (χ4n) is 2.43. The van der Waals surface area contributed by atoms with Crippen LogP contribution < -0.4 is 4.74 Å². The fraction of sp³-hybridized carbons (Fsp3) is 0.421. The van der Waals surface area contributed by atoms with Crippen LogP contribution in [-0.2, 0) is 11.3 Å². The highest BCUT2D eigenvalue weighted by molar-refractivity contribution is 5.89. The highest BCUT2D eigenvalue weighted by Crippen LogP contribution is 2.15.